The number of aliphatic hydroxyl groups excluding tert-OH is 1. The Balaban J connectivity index is 2.60. The van der Waals surface area contributed by atoms with Crippen molar-refractivity contribution in [2.45, 2.75) is 26.8 Å². The van der Waals surface area contributed by atoms with Gasteiger partial charge < -0.3 is 24.6 Å². The second kappa shape index (κ2) is 11.7. The zero-order chi connectivity index (χ0) is 16.2. The van der Waals surface area contributed by atoms with E-state index in [2.05, 4.69) is 28.2 Å². The van der Waals surface area contributed by atoms with Crippen molar-refractivity contribution in [3.05, 3.63) is 22.2 Å². The molecular weight excluding hydrogens is 350 g/mol. The molecule has 0 heterocycles. The van der Waals surface area contributed by atoms with Gasteiger partial charge in [0.1, 0.15) is 0 Å². The monoisotopic (exact) mass is 375 g/mol. The van der Waals surface area contributed by atoms with Gasteiger partial charge in [0.15, 0.2) is 11.5 Å². The highest BCUT2D eigenvalue weighted by molar-refractivity contribution is 9.10. The molecule has 0 bridgehead atoms. The van der Waals surface area contributed by atoms with E-state index in [9.17, 15) is 0 Å². The first-order valence-corrected chi connectivity index (χ1v) is 8.49. The molecule has 22 heavy (non-hydrogen) atoms. The van der Waals surface area contributed by atoms with Gasteiger partial charge in [0.2, 0.25) is 0 Å². The summed E-state index contributed by atoms with van der Waals surface area (Å²) in [6, 6.07) is 3.96. The third-order valence-corrected chi connectivity index (χ3v) is 3.59. The fourth-order valence-corrected chi connectivity index (χ4v) is 2.30. The Morgan fingerprint density at radius 1 is 1.09 bits per heavy atom. The van der Waals surface area contributed by atoms with Crippen molar-refractivity contribution in [2.24, 2.45) is 0 Å². The average molecular weight is 376 g/mol. The third kappa shape index (κ3) is 6.96. The summed E-state index contributed by atoms with van der Waals surface area (Å²) in [5.41, 5.74) is 1.11. The lowest BCUT2D eigenvalue weighted by Gasteiger charge is -2.15. The Morgan fingerprint density at radius 3 is 2.55 bits per heavy atom. The van der Waals surface area contributed by atoms with Gasteiger partial charge in [0.25, 0.3) is 0 Å². The summed E-state index contributed by atoms with van der Waals surface area (Å²) in [5.74, 6) is 1.54. The summed E-state index contributed by atoms with van der Waals surface area (Å²) in [4.78, 5) is 0. The zero-order valence-electron chi connectivity index (χ0n) is 13.4. The lowest BCUT2D eigenvalue weighted by molar-refractivity contribution is 0.0938. The standard InChI is InChI=1S/C16H26BrNO4/c1-3-7-22-16-11-14(17)13(10-15(16)21-4-2)12-18-5-8-20-9-6-19/h10-11,18-19H,3-9,12H2,1-2H3. The van der Waals surface area contributed by atoms with Gasteiger partial charge in [0, 0.05) is 17.6 Å². The fraction of sp³-hybridized carbons (Fsp3) is 0.625. The van der Waals surface area contributed by atoms with E-state index in [0.717, 1.165) is 34.5 Å². The van der Waals surface area contributed by atoms with Gasteiger partial charge in [-0.15, -0.1) is 0 Å². The number of benzene rings is 1. The SMILES string of the molecule is CCCOc1cc(Br)c(CNCCOCCO)cc1OCC. The Kier molecular flexibility index (Phi) is 10.2. The van der Waals surface area contributed by atoms with Crippen LogP contribution in [0.1, 0.15) is 25.8 Å². The minimum atomic E-state index is 0.0580. The Morgan fingerprint density at radius 2 is 1.86 bits per heavy atom. The summed E-state index contributed by atoms with van der Waals surface area (Å²) in [7, 11) is 0. The van der Waals surface area contributed by atoms with Crippen molar-refractivity contribution in [3.63, 3.8) is 0 Å². The zero-order valence-corrected chi connectivity index (χ0v) is 14.9. The summed E-state index contributed by atoms with van der Waals surface area (Å²) >= 11 is 3.58. The first-order chi connectivity index (χ1) is 10.7. The molecule has 1 aromatic rings. The molecule has 1 rings (SSSR count). The van der Waals surface area contributed by atoms with Gasteiger partial charge in [-0.05, 0) is 31.0 Å². The molecule has 0 atom stereocenters. The highest BCUT2D eigenvalue weighted by atomic mass is 79.9. The maximum absolute atomic E-state index is 8.63. The summed E-state index contributed by atoms with van der Waals surface area (Å²) in [6.07, 6.45) is 0.959. The third-order valence-electron chi connectivity index (χ3n) is 2.85. The minimum absolute atomic E-state index is 0.0580. The highest BCUT2D eigenvalue weighted by Crippen LogP contribution is 2.34. The molecule has 0 aliphatic rings. The van der Waals surface area contributed by atoms with Crippen molar-refractivity contribution in [3.8, 4) is 11.5 Å². The van der Waals surface area contributed by atoms with E-state index in [1.165, 1.54) is 0 Å². The van der Waals surface area contributed by atoms with E-state index in [1.54, 1.807) is 0 Å². The minimum Gasteiger partial charge on any atom is -0.490 e. The second-order valence-corrected chi connectivity index (χ2v) is 5.54. The lowest BCUT2D eigenvalue weighted by atomic mass is 10.2. The van der Waals surface area contributed by atoms with Crippen molar-refractivity contribution in [2.75, 3.05) is 39.6 Å². The Labute approximate surface area is 141 Å². The molecule has 126 valence electrons. The molecule has 0 radical (unpaired) electrons. The molecule has 0 aliphatic heterocycles. The molecule has 0 unspecified atom stereocenters. The number of aliphatic hydroxyl groups is 1. The number of rotatable bonds is 12. The van der Waals surface area contributed by atoms with Crippen LogP contribution in [0.5, 0.6) is 11.5 Å². The van der Waals surface area contributed by atoms with Crippen molar-refractivity contribution < 1.29 is 19.3 Å². The van der Waals surface area contributed by atoms with E-state index >= 15 is 0 Å². The summed E-state index contributed by atoms with van der Waals surface area (Å²) in [5, 5.41) is 11.9. The lowest BCUT2D eigenvalue weighted by Crippen LogP contribution is -2.20. The van der Waals surface area contributed by atoms with Crippen LogP contribution in [-0.4, -0.2) is 44.7 Å². The van der Waals surface area contributed by atoms with E-state index in [0.29, 0.717) is 33.0 Å². The molecule has 2 N–H and O–H groups in total. The predicted octanol–water partition coefficient (Wildman–Crippen LogP) is 2.74. The smallest absolute Gasteiger partial charge is 0.162 e. The number of halogens is 1. The normalized spacial score (nSPS) is 10.7. The van der Waals surface area contributed by atoms with Gasteiger partial charge in [-0.2, -0.15) is 0 Å². The first kappa shape index (κ1) is 19.2. The van der Waals surface area contributed by atoms with Gasteiger partial charge in [0.05, 0.1) is 33.0 Å². The van der Waals surface area contributed by atoms with Crippen LogP contribution in [0.25, 0.3) is 0 Å². The predicted molar refractivity (Wildman–Crippen MR) is 90.7 cm³/mol. The van der Waals surface area contributed by atoms with Crippen LogP contribution in [0.15, 0.2) is 16.6 Å². The molecule has 0 fully saturated rings. The van der Waals surface area contributed by atoms with Crippen molar-refractivity contribution in [1.29, 1.82) is 0 Å². The highest BCUT2D eigenvalue weighted by Gasteiger charge is 2.10. The van der Waals surface area contributed by atoms with Gasteiger partial charge >= 0.3 is 0 Å². The molecule has 1 aromatic carbocycles. The van der Waals surface area contributed by atoms with Crippen LogP contribution in [0.2, 0.25) is 0 Å². The topological polar surface area (TPSA) is 60.0 Å². The number of hydrogen-bond acceptors (Lipinski definition) is 5. The van der Waals surface area contributed by atoms with E-state index in [1.807, 2.05) is 19.1 Å². The first-order valence-electron chi connectivity index (χ1n) is 7.70. The quantitative estimate of drug-likeness (QED) is 0.550. The Hall–Kier alpha value is -0.820. The molecule has 5 nitrogen and oxygen atoms in total. The van der Waals surface area contributed by atoms with Crippen LogP contribution in [0.4, 0.5) is 0 Å². The number of nitrogens with one attached hydrogen (secondary N) is 1. The van der Waals surface area contributed by atoms with Gasteiger partial charge in [-0.25, -0.2) is 0 Å². The van der Waals surface area contributed by atoms with E-state index < -0.39 is 0 Å². The summed E-state index contributed by atoms with van der Waals surface area (Å²) in [6.45, 7) is 7.76. The van der Waals surface area contributed by atoms with Crippen LogP contribution in [-0.2, 0) is 11.3 Å². The van der Waals surface area contributed by atoms with E-state index in [-0.39, 0.29) is 6.61 Å². The van der Waals surface area contributed by atoms with Crippen LogP contribution >= 0.6 is 15.9 Å². The molecule has 6 heteroatoms. The Bertz CT molecular complexity index is 429. The molecule has 0 aliphatic carbocycles. The molecule has 0 aromatic heterocycles. The molecule has 0 amide bonds. The summed E-state index contributed by atoms with van der Waals surface area (Å²) < 4.78 is 17.6. The molecule has 0 saturated heterocycles. The number of hydrogen-bond donors (Lipinski definition) is 2. The van der Waals surface area contributed by atoms with E-state index in [4.69, 9.17) is 19.3 Å². The maximum Gasteiger partial charge on any atom is 0.162 e. The van der Waals surface area contributed by atoms with Crippen LogP contribution < -0.4 is 14.8 Å². The van der Waals surface area contributed by atoms with Gasteiger partial charge in [-0.1, -0.05) is 22.9 Å². The maximum atomic E-state index is 8.63. The molecule has 0 saturated carbocycles. The van der Waals surface area contributed by atoms with Crippen LogP contribution in [0, 0.1) is 0 Å². The molecule has 0 spiro atoms. The van der Waals surface area contributed by atoms with Crippen LogP contribution in [0.3, 0.4) is 0 Å². The van der Waals surface area contributed by atoms with Crippen molar-refractivity contribution in [1.82, 2.24) is 5.32 Å². The van der Waals surface area contributed by atoms with Gasteiger partial charge in [-0.3, -0.25) is 0 Å². The second-order valence-electron chi connectivity index (χ2n) is 4.68. The van der Waals surface area contributed by atoms with Crippen molar-refractivity contribution >= 4 is 15.9 Å². The average Bonchev–Trinajstić information content (AvgIpc) is 2.52. The number of ether oxygens (including phenoxy) is 3. The molecular formula is C16H26BrNO4. The fourth-order valence-electron chi connectivity index (χ4n) is 1.84. The largest absolute Gasteiger partial charge is 0.490 e.